The van der Waals surface area contributed by atoms with E-state index in [4.69, 9.17) is 4.42 Å². The molecule has 22 heavy (non-hydrogen) atoms. The van der Waals surface area contributed by atoms with Crippen LogP contribution in [-0.2, 0) is 16.1 Å². The molecule has 0 N–H and O–H groups in total. The Morgan fingerprint density at radius 1 is 1.27 bits per heavy atom. The van der Waals surface area contributed by atoms with Crippen LogP contribution in [0.4, 0.5) is 5.69 Å². The van der Waals surface area contributed by atoms with Crippen LogP contribution in [0.3, 0.4) is 0 Å². The molecule has 1 atom stereocenters. The minimum atomic E-state index is -0.298. The summed E-state index contributed by atoms with van der Waals surface area (Å²) in [7, 11) is 1.75. The lowest BCUT2D eigenvalue weighted by Crippen LogP contribution is -2.34. The predicted octanol–water partition coefficient (Wildman–Crippen LogP) is 2.29. The highest BCUT2D eigenvalue weighted by atomic mass is 16.3. The minimum absolute atomic E-state index is 0.00351. The summed E-state index contributed by atoms with van der Waals surface area (Å²) >= 11 is 0. The molecule has 1 aliphatic heterocycles. The van der Waals surface area contributed by atoms with E-state index < -0.39 is 0 Å². The molecule has 2 aromatic rings. The third-order valence-corrected chi connectivity index (χ3v) is 3.96. The van der Waals surface area contributed by atoms with Gasteiger partial charge in [-0.05, 0) is 24.3 Å². The monoisotopic (exact) mass is 298 g/mol. The molecule has 0 bridgehead atoms. The van der Waals surface area contributed by atoms with E-state index in [0.717, 1.165) is 11.4 Å². The summed E-state index contributed by atoms with van der Waals surface area (Å²) < 4.78 is 5.27. The van der Waals surface area contributed by atoms with Gasteiger partial charge in [0.15, 0.2) is 0 Å². The second-order valence-electron chi connectivity index (χ2n) is 5.49. The van der Waals surface area contributed by atoms with Crippen LogP contribution in [0.15, 0.2) is 53.1 Å². The van der Waals surface area contributed by atoms with Crippen LogP contribution in [0.5, 0.6) is 0 Å². The molecule has 1 aromatic carbocycles. The highest BCUT2D eigenvalue weighted by Crippen LogP contribution is 2.24. The van der Waals surface area contributed by atoms with E-state index in [0.29, 0.717) is 13.1 Å². The molecule has 1 aliphatic rings. The van der Waals surface area contributed by atoms with Gasteiger partial charge in [0, 0.05) is 25.7 Å². The van der Waals surface area contributed by atoms with Crippen molar-refractivity contribution in [3.63, 3.8) is 0 Å². The molecule has 3 rings (SSSR count). The molecule has 2 heterocycles. The number of nitrogens with zero attached hydrogens (tertiary/aromatic N) is 2. The molecule has 2 amide bonds. The number of hydrogen-bond acceptors (Lipinski definition) is 3. The van der Waals surface area contributed by atoms with Crippen molar-refractivity contribution in [3.05, 3.63) is 54.5 Å². The van der Waals surface area contributed by atoms with Gasteiger partial charge in [-0.1, -0.05) is 18.2 Å². The van der Waals surface area contributed by atoms with Gasteiger partial charge in [0.05, 0.1) is 18.7 Å². The van der Waals surface area contributed by atoms with E-state index >= 15 is 0 Å². The summed E-state index contributed by atoms with van der Waals surface area (Å²) in [4.78, 5) is 28.0. The van der Waals surface area contributed by atoms with Crippen LogP contribution < -0.4 is 4.90 Å². The third kappa shape index (κ3) is 2.88. The van der Waals surface area contributed by atoms with Crippen LogP contribution >= 0.6 is 0 Å². The molecule has 5 heteroatoms. The summed E-state index contributed by atoms with van der Waals surface area (Å²) in [6, 6.07) is 13.1. The van der Waals surface area contributed by atoms with Crippen LogP contribution in [-0.4, -0.2) is 30.3 Å². The fraction of sp³-hybridized carbons (Fsp3) is 0.294. The number of hydrogen-bond donors (Lipinski definition) is 0. The Balaban J connectivity index is 1.66. The largest absolute Gasteiger partial charge is 0.467 e. The molecule has 0 spiro atoms. The van der Waals surface area contributed by atoms with Crippen LogP contribution in [0, 0.1) is 5.92 Å². The fourth-order valence-corrected chi connectivity index (χ4v) is 2.73. The zero-order valence-electron chi connectivity index (χ0n) is 12.4. The highest BCUT2D eigenvalue weighted by Gasteiger charge is 2.36. The number of amides is 2. The fourth-order valence-electron chi connectivity index (χ4n) is 2.73. The predicted molar refractivity (Wildman–Crippen MR) is 82.1 cm³/mol. The lowest BCUT2D eigenvalue weighted by atomic mass is 10.1. The minimum Gasteiger partial charge on any atom is -0.467 e. The Kier molecular flexibility index (Phi) is 3.96. The molecule has 5 nitrogen and oxygen atoms in total. The maximum atomic E-state index is 12.6. The van der Waals surface area contributed by atoms with Crippen molar-refractivity contribution in [1.82, 2.24) is 4.90 Å². The topological polar surface area (TPSA) is 53.8 Å². The van der Waals surface area contributed by atoms with Crippen molar-refractivity contribution in [2.24, 2.45) is 5.92 Å². The number of furan rings is 1. The van der Waals surface area contributed by atoms with Crippen LogP contribution in [0.25, 0.3) is 0 Å². The molecular weight excluding hydrogens is 280 g/mol. The van der Waals surface area contributed by atoms with E-state index in [1.165, 1.54) is 0 Å². The second-order valence-corrected chi connectivity index (χ2v) is 5.49. The van der Waals surface area contributed by atoms with Gasteiger partial charge in [0.2, 0.25) is 11.8 Å². The number of carbonyl (C=O) groups excluding carboxylic acids is 2. The Bertz CT molecular complexity index is 652. The van der Waals surface area contributed by atoms with E-state index in [9.17, 15) is 9.59 Å². The van der Waals surface area contributed by atoms with E-state index in [-0.39, 0.29) is 24.2 Å². The summed E-state index contributed by atoms with van der Waals surface area (Å²) in [5, 5.41) is 0. The first kappa shape index (κ1) is 14.4. The average molecular weight is 298 g/mol. The first-order valence-corrected chi connectivity index (χ1v) is 7.28. The first-order valence-electron chi connectivity index (χ1n) is 7.28. The molecule has 114 valence electrons. The SMILES string of the molecule is CN(C(=O)[C@@H]1CC(=O)N(Cc2ccco2)C1)c1ccccc1. The van der Waals surface area contributed by atoms with Crippen molar-refractivity contribution in [3.8, 4) is 0 Å². The van der Waals surface area contributed by atoms with E-state index in [1.54, 1.807) is 29.2 Å². The van der Waals surface area contributed by atoms with Crippen molar-refractivity contribution in [2.75, 3.05) is 18.5 Å². The number of carbonyl (C=O) groups is 2. The maximum absolute atomic E-state index is 12.6. The summed E-state index contributed by atoms with van der Waals surface area (Å²) in [5.74, 6) is 0.406. The van der Waals surface area contributed by atoms with Gasteiger partial charge in [-0.3, -0.25) is 9.59 Å². The number of likely N-dealkylation sites (tertiary alicyclic amines) is 1. The number of para-hydroxylation sites is 1. The van der Waals surface area contributed by atoms with Crippen LogP contribution in [0.1, 0.15) is 12.2 Å². The van der Waals surface area contributed by atoms with Crippen molar-refractivity contribution < 1.29 is 14.0 Å². The van der Waals surface area contributed by atoms with Crippen molar-refractivity contribution in [1.29, 1.82) is 0 Å². The molecule has 0 radical (unpaired) electrons. The van der Waals surface area contributed by atoms with Gasteiger partial charge in [-0.15, -0.1) is 0 Å². The summed E-state index contributed by atoms with van der Waals surface area (Å²) in [5.41, 5.74) is 0.837. The Morgan fingerprint density at radius 2 is 2.05 bits per heavy atom. The average Bonchev–Trinajstić information content (AvgIpc) is 3.18. The Hall–Kier alpha value is -2.56. The lowest BCUT2D eigenvalue weighted by Gasteiger charge is -2.21. The van der Waals surface area contributed by atoms with Gasteiger partial charge in [-0.25, -0.2) is 0 Å². The van der Waals surface area contributed by atoms with Crippen LogP contribution in [0.2, 0.25) is 0 Å². The second kappa shape index (κ2) is 6.05. The van der Waals surface area contributed by atoms with Gasteiger partial charge in [0.1, 0.15) is 5.76 Å². The van der Waals surface area contributed by atoms with E-state index in [2.05, 4.69) is 0 Å². The van der Waals surface area contributed by atoms with Gasteiger partial charge < -0.3 is 14.2 Å². The lowest BCUT2D eigenvalue weighted by molar-refractivity contribution is -0.129. The third-order valence-electron chi connectivity index (χ3n) is 3.96. The quantitative estimate of drug-likeness (QED) is 0.870. The Labute approximate surface area is 129 Å². The molecule has 1 fully saturated rings. The van der Waals surface area contributed by atoms with Gasteiger partial charge in [-0.2, -0.15) is 0 Å². The maximum Gasteiger partial charge on any atom is 0.232 e. The molecule has 1 aromatic heterocycles. The smallest absolute Gasteiger partial charge is 0.232 e. The number of benzene rings is 1. The summed E-state index contributed by atoms with van der Waals surface area (Å²) in [6.07, 6.45) is 1.85. The van der Waals surface area contributed by atoms with E-state index in [1.807, 2.05) is 36.4 Å². The highest BCUT2D eigenvalue weighted by molar-refractivity contribution is 5.98. The Morgan fingerprint density at radius 3 is 2.73 bits per heavy atom. The van der Waals surface area contributed by atoms with Gasteiger partial charge >= 0.3 is 0 Å². The molecule has 0 unspecified atom stereocenters. The molecule has 0 aliphatic carbocycles. The number of rotatable bonds is 4. The number of anilines is 1. The van der Waals surface area contributed by atoms with Crippen molar-refractivity contribution >= 4 is 17.5 Å². The van der Waals surface area contributed by atoms with Crippen molar-refractivity contribution in [2.45, 2.75) is 13.0 Å². The zero-order chi connectivity index (χ0) is 15.5. The normalized spacial score (nSPS) is 17.8. The molecule has 1 saturated heterocycles. The molecule has 0 saturated carbocycles. The molecular formula is C17H18N2O3. The zero-order valence-corrected chi connectivity index (χ0v) is 12.4. The summed E-state index contributed by atoms with van der Waals surface area (Å²) in [6.45, 7) is 0.861. The first-order chi connectivity index (χ1) is 10.6. The standard InChI is InChI=1S/C17H18N2O3/c1-18(14-6-3-2-4-7-14)17(21)13-10-16(20)19(11-13)12-15-8-5-9-22-15/h2-9,13H,10-12H2,1H3/t13-/m1/s1. The van der Waals surface area contributed by atoms with Gasteiger partial charge in [0.25, 0.3) is 0 Å².